The lowest BCUT2D eigenvalue weighted by molar-refractivity contribution is -0.132. The van der Waals surface area contributed by atoms with E-state index in [1.54, 1.807) is 37.3 Å². The molecule has 1 heterocycles. The van der Waals surface area contributed by atoms with Crippen molar-refractivity contribution in [3.63, 3.8) is 0 Å². The molecule has 160 valence electrons. The van der Waals surface area contributed by atoms with Crippen molar-refractivity contribution >= 4 is 11.8 Å². The Labute approximate surface area is 180 Å². The third kappa shape index (κ3) is 6.31. The molecule has 9 nitrogen and oxygen atoms in total. The quantitative estimate of drug-likeness (QED) is 0.312. The minimum absolute atomic E-state index is 0.390. The maximum atomic E-state index is 12.2. The van der Waals surface area contributed by atoms with Gasteiger partial charge in [-0.2, -0.15) is 4.80 Å². The maximum absolute atomic E-state index is 12.2. The van der Waals surface area contributed by atoms with Crippen molar-refractivity contribution in [1.29, 1.82) is 0 Å². The van der Waals surface area contributed by atoms with Gasteiger partial charge < -0.3 is 4.74 Å². The van der Waals surface area contributed by atoms with Gasteiger partial charge in [0.15, 0.2) is 0 Å². The molecule has 1 atom stereocenters. The topological polar surface area (TPSA) is 111 Å². The zero-order valence-electron chi connectivity index (χ0n) is 17.2. The molecule has 0 radical (unpaired) electrons. The van der Waals surface area contributed by atoms with E-state index >= 15 is 0 Å². The fourth-order valence-corrected chi connectivity index (χ4v) is 2.63. The summed E-state index contributed by atoms with van der Waals surface area (Å²) >= 11 is 0. The number of rotatable bonds is 9. The highest BCUT2D eigenvalue weighted by molar-refractivity contribution is 5.95. The second-order valence-corrected chi connectivity index (χ2v) is 6.74. The van der Waals surface area contributed by atoms with E-state index in [4.69, 9.17) is 4.74 Å². The fourth-order valence-electron chi connectivity index (χ4n) is 2.63. The van der Waals surface area contributed by atoms with Gasteiger partial charge in [0.05, 0.1) is 13.2 Å². The molecule has 9 heteroatoms. The van der Waals surface area contributed by atoms with E-state index in [1.165, 1.54) is 4.80 Å². The van der Waals surface area contributed by atoms with E-state index in [2.05, 4.69) is 32.8 Å². The molecule has 2 amide bonds. The SMILES string of the molecule is C=CCCOC(C)C(=O)NNC(=O)c1ccc(Cn2nnc(-c3ccccc3)n2)cc1. The lowest BCUT2D eigenvalue weighted by Gasteiger charge is -2.13. The van der Waals surface area contributed by atoms with Gasteiger partial charge in [-0.25, -0.2) is 0 Å². The average molecular weight is 420 g/mol. The van der Waals surface area contributed by atoms with E-state index in [9.17, 15) is 9.59 Å². The number of nitrogens with zero attached hydrogens (tertiary/aromatic N) is 4. The van der Waals surface area contributed by atoms with E-state index < -0.39 is 17.9 Å². The summed E-state index contributed by atoms with van der Waals surface area (Å²) in [5, 5.41) is 12.5. The number of amides is 2. The smallest absolute Gasteiger partial charge is 0.269 e. The predicted molar refractivity (Wildman–Crippen MR) is 115 cm³/mol. The molecule has 0 saturated heterocycles. The Bertz CT molecular complexity index is 1020. The van der Waals surface area contributed by atoms with Crippen molar-refractivity contribution < 1.29 is 14.3 Å². The number of nitrogens with one attached hydrogen (secondary N) is 2. The summed E-state index contributed by atoms with van der Waals surface area (Å²) in [4.78, 5) is 25.7. The molecular weight excluding hydrogens is 396 g/mol. The van der Waals surface area contributed by atoms with Crippen LogP contribution in [0.3, 0.4) is 0 Å². The van der Waals surface area contributed by atoms with Crippen LogP contribution in [0.25, 0.3) is 11.4 Å². The van der Waals surface area contributed by atoms with Crippen LogP contribution >= 0.6 is 0 Å². The molecule has 2 N–H and O–H groups in total. The second kappa shape index (κ2) is 10.8. The standard InChI is InChI=1S/C22H24N6O3/c1-3-4-14-31-16(2)21(29)24-25-22(30)19-12-10-17(11-13-19)15-28-26-20(23-27-28)18-8-6-5-7-9-18/h3,5-13,16H,1,4,14-15H2,2H3,(H,24,29)(H,25,30). The van der Waals surface area contributed by atoms with Crippen molar-refractivity contribution in [3.05, 3.63) is 78.4 Å². The third-order valence-electron chi connectivity index (χ3n) is 4.38. The van der Waals surface area contributed by atoms with Crippen LogP contribution in [0.1, 0.15) is 29.3 Å². The zero-order chi connectivity index (χ0) is 22.1. The molecule has 2 aromatic carbocycles. The Balaban J connectivity index is 1.50. The van der Waals surface area contributed by atoms with E-state index in [0.717, 1.165) is 11.1 Å². The van der Waals surface area contributed by atoms with Gasteiger partial charge in [0, 0.05) is 11.1 Å². The minimum atomic E-state index is -0.682. The predicted octanol–water partition coefficient (Wildman–Crippen LogP) is 2.13. The molecule has 0 fully saturated rings. The minimum Gasteiger partial charge on any atom is -0.368 e. The van der Waals surface area contributed by atoms with Crippen molar-refractivity contribution in [2.24, 2.45) is 0 Å². The number of carbonyl (C=O) groups is 2. The fraction of sp³-hybridized carbons (Fsp3) is 0.227. The molecule has 3 aromatic rings. The molecule has 0 aliphatic rings. The molecule has 0 spiro atoms. The number of aromatic nitrogens is 4. The van der Waals surface area contributed by atoms with Crippen LogP contribution in [-0.2, 0) is 16.1 Å². The van der Waals surface area contributed by atoms with Gasteiger partial charge in [0.25, 0.3) is 11.8 Å². The summed E-state index contributed by atoms with van der Waals surface area (Å²) in [5.74, 6) is -0.306. The van der Waals surface area contributed by atoms with Crippen LogP contribution in [0.15, 0.2) is 67.3 Å². The van der Waals surface area contributed by atoms with E-state index in [-0.39, 0.29) is 0 Å². The number of tetrazole rings is 1. The van der Waals surface area contributed by atoms with Gasteiger partial charge in [-0.05, 0) is 36.3 Å². The highest BCUT2D eigenvalue weighted by Crippen LogP contribution is 2.12. The maximum Gasteiger partial charge on any atom is 0.269 e. The second-order valence-electron chi connectivity index (χ2n) is 6.74. The highest BCUT2D eigenvalue weighted by Gasteiger charge is 2.14. The van der Waals surface area contributed by atoms with Crippen molar-refractivity contribution in [2.45, 2.75) is 26.0 Å². The highest BCUT2D eigenvalue weighted by atomic mass is 16.5. The largest absolute Gasteiger partial charge is 0.368 e. The first-order valence-corrected chi connectivity index (χ1v) is 9.81. The molecule has 0 aliphatic heterocycles. The average Bonchev–Trinajstić information content (AvgIpc) is 3.27. The van der Waals surface area contributed by atoms with Crippen LogP contribution in [0, 0.1) is 0 Å². The zero-order valence-corrected chi connectivity index (χ0v) is 17.2. The number of carbonyl (C=O) groups excluding carboxylic acids is 2. The van der Waals surface area contributed by atoms with Crippen LogP contribution in [0.2, 0.25) is 0 Å². The van der Waals surface area contributed by atoms with E-state index in [1.807, 2.05) is 30.3 Å². The van der Waals surface area contributed by atoms with Crippen LogP contribution in [0.5, 0.6) is 0 Å². The molecule has 3 rings (SSSR count). The lowest BCUT2D eigenvalue weighted by Crippen LogP contribution is -2.46. The molecule has 1 unspecified atom stereocenters. The first-order valence-electron chi connectivity index (χ1n) is 9.81. The number of benzene rings is 2. The number of hydrogen-bond donors (Lipinski definition) is 2. The summed E-state index contributed by atoms with van der Waals surface area (Å²) in [6.45, 7) is 6.01. The Kier molecular flexibility index (Phi) is 7.61. The number of hydrazine groups is 1. The van der Waals surface area contributed by atoms with Gasteiger partial charge in [-0.15, -0.1) is 16.8 Å². The first kappa shape index (κ1) is 21.8. The summed E-state index contributed by atoms with van der Waals surface area (Å²) in [7, 11) is 0. The molecule has 1 aromatic heterocycles. The first-order chi connectivity index (χ1) is 15.1. The van der Waals surface area contributed by atoms with Crippen LogP contribution in [-0.4, -0.2) is 44.7 Å². The number of ether oxygens (including phenoxy) is 1. The normalized spacial score (nSPS) is 11.5. The van der Waals surface area contributed by atoms with Crippen molar-refractivity contribution in [3.8, 4) is 11.4 Å². The Morgan fingerprint density at radius 3 is 2.58 bits per heavy atom. The monoisotopic (exact) mass is 420 g/mol. The molecule has 0 bridgehead atoms. The molecule has 31 heavy (non-hydrogen) atoms. The summed E-state index contributed by atoms with van der Waals surface area (Å²) in [5.41, 5.74) is 6.94. The summed E-state index contributed by atoms with van der Waals surface area (Å²) in [6.07, 6.45) is 1.67. The van der Waals surface area contributed by atoms with Crippen molar-refractivity contribution in [1.82, 2.24) is 31.1 Å². The molecular formula is C22H24N6O3. The Hall–Kier alpha value is -3.85. The van der Waals surface area contributed by atoms with Gasteiger partial charge in [-0.1, -0.05) is 48.5 Å². The van der Waals surface area contributed by atoms with Crippen molar-refractivity contribution in [2.75, 3.05) is 6.61 Å². The molecule has 0 saturated carbocycles. The summed E-state index contributed by atoms with van der Waals surface area (Å²) < 4.78 is 5.33. The Morgan fingerprint density at radius 2 is 1.87 bits per heavy atom. The van der Waals surface area contributed by atoms with Gasteiger partial charge >= 0.3 is 0 Å². The van der Waals surface area contributed by atoms with Gasteiger partial charge in [0.2, 0.25) is 5.82 Å². The third-order valence-corrected chi connectivity index (χ3v) is 4.38. The van der Waals surface area contributed by atoms with E-state index in [0.29, 0.717) is 31.0 Å². The van der Waals surface area contributed by atoms with Crippen LogP contribution in [0.4, 0.5) is 0 Å². The Morgan fingerprint density at radius 1 is 1.13 bits per heavy atom. The lowest BCUT2D eigenvalue weighted by atomic mass is 10.1. The number of hydrogen-bond acceptors (Lipinski definition) is 6. The summed E-state index contributed by atoms with van der Waals surface area (Å²) in [6, 6.07) is 16.5. The van der Waals surface area contributed by atoms with Gasteiger partial charge in [-0.3, -0.25) is 20.4 Å². The molecule has 0 aliphatic carbocycles. The van der Waals surface area contributed by atoms with Crippen LogP contribution < -0.4 is 10.9 Å². The van der Waals surface area contributed by atoms with Gasteiger partial charge in [0.1, 0.15) is 6.10 Å².